The number of hydrazone groups is 1. The molecule has 8 heteroatoms. The Bertz CT molecular complexity index is 883. The summed E-state index contributed by atoms with van der Waals surface area (Å²) >= 11 is 5.89. The molecular weight excluding hydrogens is 376 g/mol. The van der Waals surface area contributed by atoms with Gasteiger partial charge in [-0.3, -0.25) is 0 Å². The quantitative estimate of drug-likeness (QED) is 0.545. The molecule has 0 saturated heterocycles. The van der Waals surface area contributed by atoms with Crippen LogP contribution >= 0.6 is 11.6 Å². The van der Waals surface area contributed by atoms with Gasteiger partial charge in [-0.25, -0.2) is 0 Å². The van der Waals surface area contributed by atoms with Gasteiger partial charge >= 0.3 is 0 Å². The Morgan fingerprint density at radius 1 is 1.19 bits per heavy atom. The van der Waals surface area contributed by atoms with E-state index in [0.29, 0.717) is 23.8 Å². The Balaban J connectivity index is 2.19. The normalized spacial score (nSPS) is 11.7. The summed E-state index contributed by atoms with van der Waals surface area (Å²) in [6, 6.07) is 11.6. The summed E-state index contributed by atoms with van der Waals surface area (Å²) in [6.45, 7) is 4.64. The third-order valence-corrected chi connectivity index (χ3v) is 4.76. The number of benzene rings is 2. The van der Waals surface area contributed by atoms with Crippen molar-refractivity contribution >= 4 is 27.8 Å². The highest BCUT2D eigenvalue weighted by Crippen LogP contribution is 2.26. The van der Waals surface area contributed by atoms with Gasteiger partial charge in [-0.2, -0.15) is 18.4 Å². The molecule has 2 rings (SSSR count). The molecule has 0 aromatic heterocycles. The predicted octanol–water partition coefficient (Wildman–Crippen LogP) is 3.70. The maximum absolute atomic E-state index is 12.5. The van der Waals surface area contributed by atoms with Crippen molar-refractivity contribution in [1.29, 1.82) is 0 Å². The first-order valence-electron chi connectivity index (χ1n) is 7.93. The second kappa shape index (κ2) is 8.91. The molecule has 0 fully saturated rings. The number of nitrogens with zero attached hydrogens (tertiary/aromatic N) is 1. The fourth-order valence-electron chi connectivity index (χ4n) is 2.05. The molecule has 2 aromatic carbocycles. The minimum atomic E-state index is -3.93. The monoisotopic (exact) mass is 396 g/mol. The zero-order chi connectivity index (χ0) is 19.2. The van der Waals surface area contributed by atoms with E-state index in [1.807, 2.05) is 26.0 Å². The van der Waals surface area contributed by atoms with Crippen LogP contribution in [-0.4, -0.2) is 28.3 Å². The molecular formula is C18H21ClN2O4S. The molecule has 2 aromatic rings. The Morgan fingerprint density at radius 3 is 2.62 bits per heavy atom. The lowest BCUT2D eigenvalue weighted by atomic mass is 10.2. The maximum Gasteiger partial charge on any atom is 0.280 e. The lowest BCUT2D eigenvalue weighted by Crippen LogP contribution is -2.19. The van der Waals surface area contributed by atoms with Crippen LogP contribution in [0.25, 0.3) is 0 Å². The van der Waals surface area contributed by atoms with Gasteiger partial charge in [-0.05, 0) is 36.2 Å². The number of nitrogens with one attached hydrogen (secondary N) is 1. The largest absolute Gasteiger partial charge is 0.495 e. The second-order valence-electron chi connectivity index (χ2n) is 5.89. The lowest BCUT2D eigenvalue weighted by Gasteiger charge is -2.11. The van der Waals surface area contributed by atoms with Crippen LogP contribution in [0.2, 0.25) is 5.02 Å². The van der Waals surface area contributed by atoms with Crippen molar-refractivity contribution in [3.63, 3.8) is 0 Å². The van der Waals surface area contributed by atoms with Crippen LogP contribution in [0.3, 0.4) is 0 Å². The molecule has 0 radical (unpaired) electrons. The predicted molar refractivity (Wildman–Crippen MR) is 103 cm³/mol. The number of methoxy groups -OCH3 is 1. The molecule has 26 heavy (non-hydrogen) atoms. The molecule has 0 spiro atoms. The first-order valence-corrected chi connectivity index (χ1v) is 9.80. The van der Waals surface area contributed by atoms with Gasteiger partial charge in [0.25, 0.3) is 10.0 Å². The van der Waals surface area contributed by atoms with Gasteiger partial charge in [0.15, 0.2) is 0 Å². The summed E-state index contributed by atoms with van der Waals surface area (Å²) in [5, 5.41) is 4.12. The van der Waals surface area contributed by atoms with E-state index >= 15 is 0 Å². The van der Waals surface area contributed by atoms with Crippen molar-refractivity contribution in [2.24, 2.45) is 11.0 Å². The van der Waals surface area contributed by atoms with Crippen LogP contribution in [0.15, 0.2) is 52.5 Å². The van der Waals surface area contributed by atoms with E-state index in [1.165, 1.54) is 25.5 Å². The van der Waals surface area contributed by atoms with Crippen molar-refractivity contribution in [1.82, 2.24) is 4.83 Å². The molecule has 6 nitrogen and oxygen atoms in total. The zero-order valence-electron chi connectivity index (χ0n) is 14.8. The highest BCUT2D eigenvalue weighted by Gasteiger charge is 2.19. The molecule has 0 aliphatic rings. The number of halogens is 1. The summed E-state index contributed by atoms with van der Waals surface area (Å²) in [7, 11) is -2.55. The summed E-state index contributed by atoms with van der Waals surface area (Å²) in [5.74, 6) is 1.18. The third kappa shape index (κ3) is 5.37. The minimum Gasteiger partial charge on any atom is -0.495 e. The summed E-state index contributed by atoms with van der Waals surface area (Å²) in [4.78, 5) is 2.08. The van der Waals surface area contributed by atoms with Gasteiger partial charge in [0.2, 0.25) is 0 Å². The number of hydrogen-bond acceptors (Lipinski definition) is 5. The molecule has 1 N–H and O–H groups in total. The Morgan fingerprint density at radius 2 is 1.92 bits per heavy atom. The highest BCUT2D eigenvalue weighted by molar-refractivity contribution is 7.89. The first kappa shape index (κ1) is 20.1. The Labute approximate surface area is 158 Å². The Hall–Kier alpha value is -2.25. The minimum absolute atomic E-state index is 0.0889. The van der Waals surface area contributed by atoms with Crippen molar-refractivity contribution < 1.29 is 17.9 Å². The molecule has 0 heterocycles. The average molecular weight is 397 g/mol. The van der Waals surface area contributed by atoms with E-state index in [1.54, 1.807) is 18.2 Å². The summed E-state index contributed by atoms with van der Waals surface area (Å²) < 4.78 is 35.7. The highest BCUT2D eigenvalue weighted by atomic mass is 35.5. The van der Waals surface area contributed by atoms with Gasteiger partial charge in [0.05, 0.1) is 19.9 Å². The van der Waals surface area contributed by atoms with Crippen LogP contribution in [0.1, 0.15) is 19.4 Å². The standard InChI is InChI=1S/C18H21ClN2O4S/c1-13(2)12-25-16-7-5-4-6-14(16)11-20-21-26(22,23)18-10-15(19)8-9-17(18)24-3/h4-11,13,21H,12H2,1-3H3/b20-11+. The molecule has 0 saturated carbocycles. The van der Waals surface area contributed by atoms with E-state index in [0.717, 1.165) is 0 Å². The number of para-hydroxylation sites is 1. The third-order valence-electron chi connectivity index (χ3n) is 3.28. The smallest absolute Gasteiger partial charge is 0.280 e. The number of hydrogen-bond donors (Lipinski definition) is 1. The van der Waals surface area contributed by atoms with Crippen molar-refractivity contribution in [3.8, 4) is 11.5 Å². The molecule has 0 amide bonds. The average Bonchev–Trinajstić information content (AvgIpc) is 2.60. The van der Waals surface area contributed by atoms with Crippen molar-refractivity contribution in [2.45, 2.75) is 18.7 Å². The summed E-state index contributed by atoms with van der Waals surface area (Å²) in [6.07, 6.45) is 1.39. The van der Waals surface area contributed by atoms with Crippen molar-refractivity contribution in [2.75, 3.05) is 13.7 Å². The van der Waals surface area contributed by atoms with Gasteiger partial charge in [-0.15, -0.1) is 0 Å². The van der Waals surface area contributed by atoms with E-state index in [2.05, 4.69) is 9.93 Å². The molecule has 0 unspecified atom stereocenters. The SMILES string of the molecule is COc1ccc(Cl)cc1S(=O)(=O)N/N=C/c1ccccc1OCC(C)C. The van der Waals surface area contributed by atoms with Crippen molar-refractivity contribution in [3.05, 3.63) is 53.1 Å². The van der Waals surface area contributed by atoms with E-state index in [4.69, 9.17) is 21.1 Å². The molecule has 140 valence electrons. The first-order chi connectivity index (χ1) is 12.3. The fourth-order valence-corrected chi connectivity index (χ4v) is 3.28. The van der Waals surface area contributed by atoms with E-state index in [-0.39, 0.29) is 15.7 Å². The number of rotatable bonds is 8. The summed E-state index contributed by atoms with van der Waals surface area (Å²) in [5.41, 5.74) is 0.661. The van der Waals surface area contributed by atoms with Crippen LogP contribution in [0, 0.1) is 5.92 Å². The molecule has 0 aliphatic heterocycles. The molecule has 0 aliphatic carbocycles. The number of sulfonamides is 1. The second-order valence-corrected chi connectivity index (χ2v) is 7.96. The topological polar surface area (TPSA) is 77.0 Å². The van der Waals surface area contributed by atoms with Crippen LogP contribution in [0.5, 0.6) is 11.5 Å². The van der Waals surface area contributed by atoms with Crippen LogP contribution < -0.4 is 14.3 Å². The van der Waals surface area contributed by atoms with E-state index < -0.39 is 10.0 Å². The number of ether oxygens (including phenoxy) is 2. The Kier molecular flexibility index (Phi) is 6.88. The van der Waals surface area contributed by atoms with Gasteiger partial charge in [0, 0.05) is 10.6 Å². The van der Waals surface area contributed by atoms with Gasteiger partial charge in [-0.1, -0.05) is 37.6 Å². The zero-order valence-corrected chi connectivity index (χ0v) is 16.3. The van der Waals surface area contributed by atoms with Gasteiger partial charge < -0.3 is 9.47 Å². The van der Waals surface area contributed by atoms with Gasteiger partial charge in [0.1, 0.15) is 16.4 Å². The van der Waals surface area contributed by atoms with E-state index in [9.17, 15) is 8.42 Å². The molecule has 0 atom stereocenters. The van der Waals surface area contributed by atoms with Crippen LogP contribution in [0.4, 0.5) is 0 Å². The lowest BCUT2D eigenvalue weighted by molar-refractivity contribution is 0.270. The van der Waals surface area contributed by atoms with Crippen LogP contribution in [-0.2, 0) is 10.0 Å². The molecule has 0 bridgehead atoms. The fraction of sp³-hybridized carbons (Fsp3) is 0.278. The maximum atomic E-state index is 12.5.